The second-order valence-electron chi connectivity index (χ2n) is 6.01. The summed E-state index contributed by atoms with van der Waals surface area (Å²) in [4.78, 5) is 12.1. The molecule has 116 valence electrons. The molecule has 4 heteroatoms. The first-order chi connectivity index (χ1) is 10.4. The Morgan fingerprint density at radius 2 is 1.86 bits per heavy atom. The van der Waals surface area contributed by atoms with E-state index >= 15 is 0 Å². The number of hydrogen-bond acceptors (Lipinski definition) is 1. The fourth-order valence-corrected chi connectivity index (χ4v) is 2.57. The Kier molecular flexibility index (Phi) is 5.19. The third kappa shape index (κ3) is 4.85. The molecule has 1 N–H and O–H groups in total. The zero-order valence-corrected chi connectivity index (χ0v) is 13.5. The summed E-state index contributed by atoms with van der Waals surface area (Å²) in [5, 5.41) is 3.28. The van der Waals surface area contributed by atoms with Crippen molar-refractivity contribution in [2.75, 3.05) is 0 Å². The van der Waals surface area contributed by atoms with Gasteiger partial charge in [0.2, 0.25) is 5.91 Å². The van der Waals surface area contributed by atoms with Gasteiger partial charge in [0, 0.05) is 10.6 Å². The summed E-state index contributed by atoms with van der Waals surface area (Å²) in [6.07, 6.45) is 0.712. The van der Waals surface area contributed by atoms with E-state index in [4.69, 9.17) is 11.6 Å². The normalized spacial score (nSPS) is 11.3. The van der Waals surface area contributed by atoms with Gasteiger partial charge in [-0.2, -0.15) is 0 Å². The SMILES string of the molecule is CC(C)(Cc1ccccc1)NC(=O)Cc1ccc(Cl)cc1F. The predicted octanol–water partition coefficient (Wildman–Crippen LogP) is 4.16. The summed E-state index contributed by atoms with van der Waals surface area (Å²) in [6, 6.07) is 14.3. The molecule has 0 unspecified atom stereocenters. The van der Waals surface area contributed by atoms with E-state index in [1.807, 2.05) is 44.2 Å². The van der Waals surface area contributed by atoms with Gasteiger partial charge in [0.25, 0.3) is 0 Å². The Morgan fingerprint density at radius 3 is 2.50 bits per heavy atom. The van der Waals surface area contributed by atoms with Gasteiger partial charge in [-0.15, -0.1) is 0 Å². The Bertz CT molecular complexity index is 655. The number of carbonyl (C=O) groups is 1. The molecule has 0 saturated carbocycles. The van der Waals surface area contributed by atoms with Gasteiger partial charge in [-0.05, 0) is 43.5 Å². The summed E-state index contributed by atoms with van der Waals surface area (Å²) in [5.41, 5.74) is 1.09. The second-order valence-corrected chi connectivity index (χ2v) is 6.44. The third-order valence-corrected chi connectivity index (χ3v) is 3.57. The Hall–Kier alpha value is -1.87. The maximum atomic E-state index is 13.7. The largest absolute Gasteiger partial charge is 0.351 e. The topological polar surface area (TPSA) is 29.1 Å². The van der Waals surface area contributed by atoms with E-state index in [1.165, 1.54) is 6.07 Å². The lowest BCUT2D eigenvalue weighted by Gasteiger charge is -2.26. The molecule has 0 aromatic heterocycles. The smallest absolute Gasteiger partial charge is 0.224 e. The van der Waals surface area contributed by atoms with Crippen LogP contribution in [0.25, 0.3) is 0 Å². The monoisotopic (exact) mass is 319 g/mol. The van der Waals surface area contributed by atoms with Crippen molar-refractivity contribution in [3.8, 4) is 0 Å². The van der Waals surface area contributed by atoms with Crippen molar-refractivity contribution in [3.05, 3.63) is 70.5 Å². The average Bonchev–Trinajstić information content (AvgIpc) is 2.42. The molecular formula is C18H19ClFNO. The highest BCUT2D eigenvalue weighted by Gasteiger charge is 2.21. The minimum absolute atomic E-state index is 0.00121. The number of carbonyl (C=O) groups excluding carboxylic acids is 1. The number of nitrogens with one attached hydrogen (secondary N) is 1. The fourth-order valence-electron chi connectivity index (χ4n) is 2.41. The van der Waals surface area contributed by atoms with Gasteiger partial charge >= 0.3 is 0 Å². The number of rotatable bonds is 5. The molecule has 2 aromatic rings. The maximum Gasteiger partial charge on any atom is 0.224 e. The Labute approximate surface area is 135 Å². The average molecular weight is 320 g/mol. The van der Waals surface area contributed by atoms with Crippen molar-refractivity contribution < 1.29 is 9.18 Å². The lowest BCUT2D eigenvalue weighted by Crippen LogP contribution is -2.45. The van der Waals surface area contributed by atoms with Crippen molar-refractivity contribution in [3.63, 3.8) is 0 Å². The Balaban J connectivity index is 1.98. The predicted molar refractivity (Wildman–Crippen MR) is 87.5 cm³/mol. The highest BCUT2D eigenvalue weighted by Crippen LogP contribution is 2.16. The van der Waals surface area contributed by atoms with Gasteiger partial charge in [-0.3, -0.25) is 4.79 Å². The number of halogens is 2. The van der Waals surface area contributed by atoms with Crippen molar-refractivity contribution in [2.45, 2.75) is 32.2 Å². The minimum Gasteiger partial charge on any atom is -0.351 e. The molecule has 0 radical (unpaired) electrons. The molecule has 0 bridgehead atoms. The highest BCUT2D eigenvalue weighted by atomic mass is 35.5. The first-order valence-electron chi connectivity index (χ1n) is 7.15. The van der Waals surface area contributed by atoms with Crippen molar-refractivity contribution in [1.82, 2.24) is 5.32 Å². The molecule has 2 aromatic carbocycles. The number of benzene rings is 2. The molecule has 0 aliphatic rings. The molecule has 2 nitrogen and oxygen atoms in total. The van der Waals surface area contributed by atoms with Crippen LogP contribution in [-0.2, 0) is 17.6 Å². The lowest BCUT2D eigenvalue weighted by atomic mass is 9.94. The Morgan fingerprint density at radius 1 is 1.18 bits per heavy atom. The van der Waals surface area contributed by atoms with E-state index < -0.39 is 11.4 Å². The standard InChI is InChI=1S/C18H19ClFNO/c1-18(2,12-13-6-4-3-5-7-13)21-17(22)10-14-8-9-15(19)11-16(14)20/h3-9,11H,10,12H2,1-2H3,(H,21,22). The minimum atomic E-state index is -0.455. The van der Waals surface area contributed by atoms with Crippen LogP contribution in [0.2, 0.25) is 5.02 Å². The first-order valence-corrected chi connectivity index (χ1v) is 7.52. The van der Waals surface area contributed by atoms with E-state index in [-0.39, 0.29) is 12.3 Å². The van der Waals surface area contributed by atoms with Gasteiger partial charge in [0.15, 0.2) is 0 Å². The summed E-state index contributed by atoms with van der Waals surface area (Å²) in [6.45, 7) is 3.91. The van der Waals surface area contributed by atoms with Crippen LogP contribution in [0.15, 0.2) is 48.5 Å². The van der Waals surface area contributed by atoms with E-state index in [9.17, 15) is 9.18 Å². The summed E-state index contributed by atoms with van der Waals surface area (Å²) in [7, 11) is 0. The lowest BCUT2D eigenvalue weighted by molar-refractivity contribution is -0.122. The molecule has 0 fully saturated rings. The van der Waals surface area contributed by atoms with Crippen LogP contribution in [0.3, 0.4) is 0 Å². The van der Waals surface area contributed by atoms with E-state index in [0.29, 0.717) is 17.0 Å². The van der Waals surface area contributed by atoms with Gasteiger partial charge < -0.3 is 5.32 Å². The van der Waals surface area contributed by atoms with Crippen LogP contribution in [0.5, 0.6) is 0 Å². The van der Waals surface area contributed by atoms with Gasteiger partial charge in [-0.1, -0.05) is 48.0 Å². The van der Waals surface area contributed by atoms with Crippen LogP contribution in [-0.4, -0.2) is 11.4 Å². The van der Waals surface area contributed by atoms with Crippen LogP contribution >= 0.6 is 11.6 Å². The summed E-state index contributed by atoms with van der Waals surface area (Å²) >= 11 is 5.71. The molecule has 1 amide bonds. The van der Waals surface area contributed by atoms with Crippen molar-refractivity contribution in [2.24, 2.45) is 0 Å². The zero-order chi connectivity index (χ0) is 16.2. The third-order valence-electron chi connectivity index (χ3n) is 3.33. The van der Waals surface area contributed by atoms with Gasteiger partial charge in [-0.25, -0.2) is 4.39 Å². The molecule has 0 spiro atoms. The first kappa shape index (κ1) is 16.5. The second kappa shape index (κ2) is 6.93. The van der Waals surface area contributed by atoms with Gasteiger partial charge in [0.05, 0.1) is 6.42 Å². The molecule has 0 saturated heterocycles. The summed E-state index contributed by atoms with van der Waals surface area (Å²) < 4.78 is 13.7. The van der Waals surface area contributed by atoms with E-state index in [0.717, 1.165) is 5.56 Å². The molecule has 2 rings (SSSR count). The molecule has 22 heavy (non-hydrogen) atoms. The fraction of sp³-hybridized carbons (Fsp3) is 0.278. The molecule has 0 aliphatic carbocycles. The summed E-state index contributed by atoms with van der Waals surface area (Å²) in [5.74, 6) is -0.661. The molecule has 0 atom stereocenters. The molecule has 0 aliphatic heterocycles. The molecule has 0 heterocycles. The van der Waals surface area contributed by atoms with E-state index in [2.05, 4.69) is 5.32 Å². The van der Waals surface area contributed by atoms with Crippen molar-refractivity contribution in [1.29, 1.82) is 0 Å². The van der Waals surface area contributed by atoms with Crippen LogP contribution < -0.4 is 5.32 Å². The quantitative estimate of drug-likeness (QED) is 0.881. The van der Waals surface area contributed by atoms with Crippen LogP contribution in [0, 0.1) is 5.82 Å². The maximum absolute atomic E-state index is 13.7. The molecular weight excluding hydrogens is 301 g/mol. The van der Waals surface area contributed by atoms with Crippen LogP contribution in [0.4, 0.5) is 4.39 Å². The number of amides is 1. The van der Waals surface area contributed by atoms with E-state index in [1.54, 1.807) is 12.1 Å². The van der Waals surface area contributed by atoms with Crippen molar-refractivity contribution >= 4 is 17.5 Å². The van der Waals surface area contributed by atoms with Crippen LogP contribution in [0.1, 0.15) is 25.0 Å². The highest BCUT2D eigenvalue weighted by molar-refractivity contribution is 6.30. The zero-order valence-electron chi connectivity index (χ0n) is 12.7. The number of hydrogen-bond donors (Lipinski definition) is 1. The van der Waals surface area contributed by atoms with Gasteiger partial charge in [0.1, 0.15) is 5.82 Å².